The number of aryl methyl sites for hydroxylation is 4. The first kappa shape index (κ1) is 24.3. The molecule has 0 aliphatic heterocycles. The van der Waals surface area contributed by atoms with E-state index in [4.69, 9.17) is 9.15 Å². The molecule has 1 N–H and O–H groups in total. The second kappa shape index (κ2) is 9.07. The van der Waals surface area contributed by atoms with Gasteiger partial charge in [-0.1, -0.05) is 0 Å². The van der Waals surface area contributed by atoms with Crippen LogP contribution in [0.2, 0.25) is 0 Å². The number of pyridine rings is 2. The SMILES string of the molecule is Cc1nc(COc2cc(C)n(-c3cc(-c4nc(C(C)(C)O)ncc4C)ncc3C)c(=O)c2C)co1. The molecule has 0 unspecified atom stereocenters. The molecule has 0 spiro atoms. The van der Waals surface area contributed by atoms with Crippen LogP contribution in [0.1, 0.15) is 53.6 Å². The van der Waals surface area contributed by atoms with E-state index in [2.05, 4.69) is 19.9 Å². The first-order valence-electron chi connectivity index (χ1n) is 11.3. The van der Waals surface area contributed by atoms with Crippen molar-refractivity contribution in [3.8, 4) is 22.8 Å². The average Bonchev–Trinajstić information content (AvgIpc) is 3.21. The maximum atomic E-state index is 13.4. The topological polar surface area (TPSA) is 116 Å². The summed E-state index contributed by atoms with van der Waals surface area (Å²) in [6.45, 7) is 12.6. The molecule has 0 fully saturated rings. The van der Waals surface area contributed by atoms with E-state index in [-0.39, 0.29) is 12.2 Å². The van der Waals surface area contributed by atoms with Crippen molar-refractivity contribution in [2.45, 2.75) is 60.7 Å². The molecule has 0 bridgehead atoms. The van der Waals surface area contributed by atoms with E-state index in [9.17, 15) is 9.90 Å². The number of hydrogen-bond donors (Lipinski definition) is 1. The van der Waals surface area contributed by atoms with E-state index in [0.29, 0.717) is 51.5 Å². The predicted octanol–water partition coefficient (Wildman–Crippen LogP) is 4.03. The van der Waals surface area contributed by atoms with Crippen molar-refractivity contribution >= 4 is 0 Å². The summed E-state index contributed by atoms with van der Waals surface area (Å²) in [5, 5.41) is 10.4. The van der Waals surface area contributed by atoms with Crippen LogP contribution >= 0.6 is 0 Å². The summed E-state index contributed by atoms with van der Waals surface area (Å²) in [7, 11) is 0. The van der Waals surface area contributed by atoms with Gasteiger partial charge in [0, 0.05) is 31.1 Å². The maximum Gasteiger partial charge on any atom is 0.261 e. The molecule has 4 heterocycles. The molecule has 182 valence electrons. The molecule has 4 aromatic rings. The van der Waals surface area contributed by atoms with Crippen LogP contribution in [-0.2, 0) is 12.2 Å². The van der Waals surface area contributed by atoms with E-state index in [0.717, 1.165) is 11.1 Å². The van der Waals surface area contributed by atoms with Crippen molar-refractivity contribution in [3.05, 3.63) is 80.9 Å². The van der Waals surface area contributed by atoms with Gasteiger partial charge in [-0.05, 0) is 58.7 Å². The molecule has 9 nitrogen and oxygen atoms in total. The van der Waals surface area contributed by atoms with Gasteiger partial charge in [0.1, 0.15) is 29.9 Å². The fourth-order valence-corrected chi connectivity index (χ4v) is 3.75. The van der Waals surface area contributed by atoms with E-state index in [1.165, 1.54) is 0 Å². The van der Waals surface area contributed by atoms with Crippen molar-refractivity contribution in [1.29, 1.82) is 0 Å². The fourth-order valence-electron chi connectivity index (χ4n) is 3.75. The minimum Gasteiger partial charge on any atom is -0.487 e. The van der Waals surface area contributed by atoms with Crippen LogP contribution in [0.15, 0.2) is 40.0 Å². The lowest BCUT2D eigenvalue weighted by Crippen LogP contribution is -2.24. The Balaban J connectivity index is 1.76. The van der Waals surface area contributed by atoms with Crippen LogP contribution < -0.4 is 10.3 Å². The lowest BCUT2D eigenvalue weighted by atomic mass is 10.1. The molecule has 4 rings (SSSR count). The Labute approximate surface area is 203 Å². The molecule has 0 atom stereocenters. The van der Waals surface area contributed by atoms with Crippen molar-refractivity contribution in [2.24, 2.45) is 0 Å². The summed E-state index contributed by atoms with van der Waals surface area (Å²) in [6, 6.07) is 3.68. The van der Waals surface area contributed by atoms with Gasteiger partial charge < -0.3 is 14.3 Å². The quantitative estimate of drug-likeness (QED) is 0.444. The number of aromatic nitrogens is 5. The zero-order valence-corrected chi connectivity index (χ0v) is 21.0. The van der Waals surface area contributed by atoms with Gasteiger partial charge in [-0.25, -0.2) is 15.0 Å². The lowest BCUT2D eigenvalue weighted by Gasteiger charge is -2.19. The molecule has 0 saturated heterocycles. The third-order valence-corrected chi connectivity index (χ3v) is 5.71. The summed E-state index contributed by atoms with van der Waals surface area (Å²) < 4.78 is 12.7. The molecular formula is C26H29N5O4. The lowest BCUT2D eigenvalue weighted by molar-refractivity contribution is 0.0688. The van der Waals surface area contributed by atoms with Crippen LogP contribution in [-0.4, -0.2) is 29.6 Å². The molecular weight excluding hydrogens is 446 g/mol. The Kier molecular flexibility index (Phi) is 6.29. The summed E-state index contributed by atoms with van der Waals surface area (Å²) in [6.07, 6.45) is 4.93. The predicted molar refractivity (Wildman–Crippen MR) is 131 cm³/mol. The van der Waals surface area contributed by atoms with Gasteiger partial charge in [-0.2, -0.15) is 0 Å². The third-order valence-electron chi connectivity index (χ3n) is 5.71. The Morgan fingerprint density at radius 1 is 1.03 bits per heavy atom. The molecule has 4 aromatic heterocycles. The minimum absolute atomic E-state index is 0.187. The highest BCUT2D eigenvalue weighted by Crippen LogP contribution is 2.27. The van der Waals surface area contributed by atoms with Gasteiger partial charge in [-0.15, -0.1) is 0 Å². The highest BCUT2D eigenvalue weighted by molar-refractivity contribution is 5.62. The molecule has 35 heavy (non-hydrogen) atoms. The standard InChI is InChI=1S/C26H29N5O4/c1-14-10-27-20(23-15(2)11-28-25(30-23)26(6,7)33)9-21(14)31-16(3)8-22(17(4)24(31)32)35-13-19-12-34-18(5)29-19/h8-12,33H,13H2,1-7H3. The van der Waals surface area contributed by atoms with Gasteiger partial charge in [-0.3, -0.25) is 14.3 Å². The van der Waals surface area contributed by atoms with Gasteiger partial charge in [0.2, 0.25) is 0 Å². The zero-order chi connectivity index (χ0) is 25.5. The van der Waals surface area contributed by atoms with Crippen molar-refractivity contribution in [3.63, 3.8) is 0 Å². The second-order valence-electron chi connectivity index (χ2n) is 9.20. The highest BCUT2D eigenvalue weighted by Gasteiger charge is 2.22. The van der Waals surface area contributed by atoms with Gasteiger partial charge in [0.05, 0.1) is 22.6 Å². The molecule has 0 saturated carbocycles. The van der Waals surface area contributed by atoms with Crippen molar-refractivity contribution in [2.75, 3.05) is 0 Å². The minimum atomic E-state index is -1.19. The Morgan fingerprint density at radius 3 is 2.40 bits per heavy atom. The molecule has 0 aliphatic rings. The number of hydrogen-bond acceptors (Lipinski definition) is 8. The van der Waals surface area contributed by atoms with Crippen molar-refractivity contribution in [1.82, 2.24) is 24.5 Å². The summed E-state index contributed by atoms with van der Waals surface area (Å²) >= 11 is 0. The van der Waals surface area contributed by atoms with Crippen LogP contribution in [0.5, 0.6) is 5.75 Å². The highest BCUT2D eigenvalue weighted by atomic mass is 16.5. The summed E-state index contributed by atoms with van der Waals surface area (Å²) in [4.78, 5) is 31.1. The zero-order valence-electron chi connectivity index (χ0n) is 21.0. The number of rotatable bonds is 6. The average molecular weight is 476 g/mol. The Hall–Kier alpha value is -3.85. The monoisotopic (exact) mass is 475 g/mol. The Morgan fingerprint density at radius 2 is 1.74 bits per heavy atom. The van der Waals surface area contributed by atoms with E-state index >= 15 is 0 Å². The third kappa shape index (κ3) is 4.85. The molecule has 0 aliphatic carbocycles. The van der Waals surface area contributed by atoms with E-state index in [1.54, 1.807) is 50.9 Å². The largest absolute Gasteiger partial charge is 0.487 e. The van der Waals surface area contributed by atoms with Gasteiger partial charge in [0.25, 0.3) is 5.56 Å². The first-order valence-corrected chi connectivity index (χ1v) is 11.3. The van der Waals surface area contributed by atoms with Crippen LogP contribution in [0.25, 0.3) is 17.1 Å². The van der Waals surface area contributed by atoms with Crippen LogP contribution in [0.3, 0.4) is 0 Å². The van der Waals surface area contributed by atoms with Gasteiger partial charge >= 0.3 is 0 Å². The summed E-state index contributed by atoms with van der Waals surface area (Å²) in [5.41, 5.74) is 4.00. The smallest absolute Gasteiger partial charge is 0.261 e. The maximum absolute atomic E-state index is 13.4. The van der Waals surface area contributed by atoms with E-state index < -0.39 is 5.60 Å². The molecule has 0 radical (unpaired) electrons. The number of ether oxygens (including phenoxy) is 1. The number of nitrogens with zero attached hydrogens (tertiary/aromatic N) is 5. The van der Waals surface area contributed by atoms with Crippen molar-refractivity contribution < 1.29 is 14.3 Å². The molecule has 0 aromatic carbocycles. The molecule has 0 amide bonds. The van der Waals surface area contributed by atoms with Crippen LogP contribution in [0.4, 0.5) is 0 Å². The van der Waals surface area contributed by atoms with Crippen LogP contribution in [0, 0.1) is 34.6 Å². The summed E-state index contributed by atoms with van der Waals surface area (Å²) in [5.74, 6) is 1.36. The first-order chi connectivity index (χ1) is 16.5. The molecule has 9 heteroatoms. The van der Waals surface area contributed by atoms with Gasteiger partial charge in [0.15, 0.2) is 11.7 Å². The Bertz CT molecular complexity index is 1460. The number of oxazole rings is 1. The number of aliphatic hydroxyl groups is 1. The van der Waals surface area contributed by atoms with E-state index in [1.807, 2.05) is 32.9 Å². The normalized spacial score (nSPS) is 11.7. The fraction of sp³-hybridized carbons (Fsp3) is 0.346. The second-order valence-corrected chi connectivity index (χ2v) is 9.20.